The van der Waals surface area contributed by atoms with Crippen molar-refractivity contribution >= 4 is 29.2 Å². The molecule has 0 amide bonds. The van der Waals surface area contributed by atoms with E-state index in [2.05, 4.69) is 27.7 Å². The Morgan fingerprint density at radius 1 is 1.15 bits per heavy atom. The molecule has 0 spiro atoms. The van der Waals surface area contributed by atoms with Crippen molar-refractivity contribution in [3.63, 3.8) is 0 Å². The van der Waals surface area contributed by atoms with Crippen LogP contribution < -0.4 is 5.46 Å². The molecule has 5 heteroatoms. The molecule has 2 heterocycles. The topological polar surface area (TPSA) is 31.2 Å². The van der Waals surface area contributed by atoms with Gasteiger partial charge in [-0.25, -0.2) is 9.18 Å². The third kappa shape index (κ3) is 3.28. The van der Waals surface area contributed by atoms with Gasteiger partial charge in [-0.05, 0) is 49.1 Å². The smallest absolute Gasteiger partial charge is 0.418 e. The average Bonchev–Trinajstić information content (AvgIpc) is 2.91. The Bertz CT molecular complexity index is 845. The molecule has 0 atom stereocenters. The number of nitrogens with zero attached hydrogens (tertiary/aromatic N) is 1. The van der Waals surface area contributed by atoms with Gasteiger partial charge in [0.15, 0.2) is 6.71 Å². The van der Waals surface area contributed by atoms with Gasteiger partial charge in [-0.2, -0.15) is 0 Å². The molecule has 0 saturated carbocycles. The van der Waals surface area contributed by atoms with E-state index >= 15 is 0 Å². The molecule has 0 radical (unpaired) electrons. The number of rotatable bonds is 1. The summed E-state index contributed by atoms with van der Waals surface area (Å²) in [5.41, 5.74) is 1.51. The van der Waals surface area contributed by atoms with Crippen LogP contribution in [0.5, 0.6) is 0 Å². The third-order valence-corrected chi connectivity index (χ3v) is 6.17. The summed E-state index contributed by atoms with van der Waals surface area (Å²) >= 11 is 0. The number of hydrogen-bond acceptors (Lipinski definition) is 2. The van der Waals surface area contributed by atoms with Gasteiger partial charge >= 0.3 is 6.09 Å². The Morgan fingerprint density at radius 2 is 1.73 bits per heavy atom. The van der Waals surface area contributed by atoms with Crippen LogP contribution in [0.15, 0.2) is 24.4 Å². The van der Waals surface area contributed by atoms with E-state index in [0.29, 0.717) is 12.2 Å². The van der Waals surface area contributed by atoms with Crippen LogP contribution in [0.2, 0.25) is 12.6 Å². The lowest BCUT2D eigenvalue weighted by atomic mass is 9.42. The van der Waals surface area contributed by atoms with E-state index in [0.717, 1.165) is 23.5 Å². The summed E-state index contributed by atoms with van der Waals surface area (Å²) in [6.07, 6.45) is 3.49. The van der Waals surface area contributed by atoms with E-state index in [1.807, 2.05) is 27.0 Å². The van der Waals surface area contributed by atoms with Gasteiger partial charge in [0.25, 0.3) is 0 Å². The number of carbonyl (C=O) groups excluding carboxylic acids is 1. The van der Waals surface area contributed by atoms with E-state index in [9.17, 15) is 9.18 Å². The molecule has 0 aliphatic carbocycles. The maximum atomic E-state index is 13.9. The first kappa shape index (κ1) is 19.0. The molecule has 1 aliphatic rings. The van der Waals surface area contributed by atoms with E-state index in [1.54, 1.807) is 6.07 Å². The molecule has 1 aromatic carbocycles. The maximum absolute atomic E-state index is 13.9. The first-order valence-electron chi connectivity index (χ1n) is 9.35. The van der Waals surface area contributed by atoms with Crippen LogP contribution in [0.3, 0.4) is 0 Å². The van der Waals surface area contributed by atoms with Crippen molar-refractivity contribution in [2.45, 2.75) is 66.7 Å². The monoisotopic (exact) mass is 357 g/mol. The Labute approximate surface area is 156 Å². The Morgan fingerprint density at radius 3 is 2.27 bits per heavy atom. The molecule has 1 aliphatic heterocycles. The van der Waals surface area contributed by atoms with Crippen LogP contribution >= 0.6 is 0 Å². The number of halogens is 1. The first-order chi connectivity index (χ1) is 11.8. The van der Waals surface area contributed by atoms with Crippen LogP contribution in [-0.4, -0.2) is 23.0 Å². The van der Waals surface area contributed by atoms with Crippen LogP contribution in [0.4, 0.5) is 9.18 Å². The minimum absolute atomic E-state index is 0.206. The molecule has 140 valence electrons. The summed E-state index contributed by atoms with van der Waals surface area (Å²) in [7, 11) is 0. The summed E-state index contributed by atoms with van der Waals surface area (Å²) < 4.78 is 20.9. The molecule has 3 rings (SSSR count). The predicted octanol–water partition coefficient (Wildman–Crippen LogP) is 5.33. The van der Waals surface area contributed by atoms with Crippen LogP contribution in [0, 0.1) is 16.6 Å². The Hall–Kier alpha value is -1.78. The van der Waals surface area contributed by atoms with Gasteiger partial charge < -0.3 is 4.74 Å². The van der Waals surface area contributed by atoms with E-state index < -0.39 is 11.7 Å². The summed E-state index contributed by atoms with van der Waals surface area (Å²) in [6.45, 7) is 15.1. The second-order valence-electron chi connectivity index (χ2n) is 9.97. The molecule has 0 N–H and O–H groups in total. The quantitative estimate of drug-likeness (QED) is 0.646. The molecule has 1 fully saturated rings. The minimum atomic E-state index is -0.599. The summed E-state index contributed by atoms with van der Waals surface area (Å²) in [6, 6.07) is 4.68. The number of aromatic nitrogens is 1. The first-order valence-corrected chi connectivity index (χ1v) is 9.35. The number of ether oxygens (including phenoxy) is 1. The van der Waals surface area contributed by atoms with Gasteiger partial charge in [-0.3, -0.25) is 4.57 Å². The second kappa shape index (κ2) is 5.87. The lowest BCUT2D eigenvalue weighted by Gasteiger charge is -2.35. The molecular formula is C21H29BFNO2. The normalized spacial score (nSPS) is 19.2. The third-order valence-electron chi connectivity index (χ3n) is 6.17. The van der Waals surface area contributed by atoms with E-state index in [4.69, 9.17) is 4.74 Å². The number of carbonyl (C=O) groups is 1. The van der Waals surface area contributed by atoms with Crippen LogP contribution in [0.1, 0.15) is 48.5 Å². The zero-order chi connectivity index (χ0) is 19.5. The molecule has 3 nitrogen and oxygen atoms in total. The van der Waals surface area contributed by atoms with Gasteiger partial charge in [0, 0.05) is 6.20 Å². The lowest BCUT2D eigenvalue weighted by molar-refractivity contribution is 0.0544. The number of benzene rings is 1. The van der Waals surface area contributed by atoms with Crippen LogP contribution in [-0.2, 0) is 4.74 Å². The number of hydrogen-bond donors (Lipinski definition) is 0. The fourth-order valence-corrected chi connectivity index (χ4v) is 4.09. The van der Waals surface area contributed by atoms with Crippen molar-refractivity contribution < 1.29 is 13.9 Å². The Balaban J connectivity index is 2.09. The molecule has 2 aromatic rings. The highest BCUT2D eigenvalue weighted by Gasteiger charge is 2.48. The van der Waals surface area contributed by atoms with Crippen molar-refractivity contribution in [3.05, 3.63) is 30.2 Å². The summed E-state index contributed by atoms with van der Waals surface area (Å²) in [5.74, 6) is -0.348. The standard InChI is InChI=1S/C21H29BFNO2/c1-19(2,3)26-18(25)24-11-16(15-9-8-14(23)10-17(15)24)22-12-20(4,5)21(6,7)13-22/h8-11H,12-13H2,1-7H3. The zero-order valence-corrected chi connectivity index (χ0v) is 16.9. The molecule has 0 unspecified atom stereocenters. The molecular weight excluding hydrogens is 328 g/mol. The van der Waals surface area contributed by atoms with Gasteiger partial charge in [-0.1, -0.05) is 51.9 Å². The van der Waals surface area contributed by atoms with Crippen molar-refractivity contribution in [2.24, 2.45) is 10.8 Å². The average molecular weight is 357 g/mol. The van der Waals surface area contributed by atoms with Crippen molar-refractivity contribution in [3.8, 4) is 0 Å². The largest absolute Gasteiger partial charge is 0.443 e. The zero-order valence-electron chi connectivity index (χ0n) is 16.9. The molecule has 1 saturated heterocycles. The molecule has 1 aromatic heterocycles. The van der Waals surface area contributed by atoms with Crippen molar-refractivity contribution in [1.29, 1.82) is 0 Å². The van der Waals surface area contributed by atoms with Gasteiger partial charge in [0.1, 0.15) is 11.4 Å². The van der Waals surface area contributed by atoms with Crippen molar-refractivity contribution in [2.75, 3.05) is 0 Å². The van der Waals surface area contributed by atoms with Gasteiger partial charge in [0.05, 0.1) is 5.52 Å². The summed E-state index contributed by atoms with van der Waals surface area (Å²) in [4.78, 5) is 12.7. The van der Waals surface area contributed by atoms with E-state index in [1.165, 1.54) is 16.7 Å². The molecule has 26 heavy (non-hydrogen) atoms. The minimum Gasteiger partial charge on any atom is -0.443 e. The second-order valence-corrected chi connectivity index (χ2v) is 9.97. The lowest BCUT2D eigenvalue weighted by Crippen LogP contribution is -2.29. The molecule has 0 bridgehead atoms. The van der Waals surface area contributed by atoms with E-state index in [-0.39, 0.29) is 16.6 Å². The number of fused-ring (bicyclic) bond motifs is 1. The van der Waals surface area contributed by atoms with Gasteiger partial charge in [0.2, 0.25) is 0 Å². The SMILES string of the molecule is CC(C)(C)OC(=O)n1cc(B2CC(C)(C)C(C)(C)C2)c2ccc(F)cc21. The maximum Gasteiger partial charge on any atom is 0.418 e. The van der Waals surface area contributed by atoms with Gasteiger partial charge in [-0.15, -0.1) is 0 Å². The summed E-state index contributed by atoms with van der Waals surface area (Å²) in [5, 5.41) is 0.941. The highest BCUT2D eigenvalue weighted by molar-refractivity contribution is 6.76. The highest BCUT2D eigenvalue weighted by Crippen LogP contribution is 2.52. The fraction of sp³-hybridized carbons (Fsp3) is 0.571. The highest BCUT2D eigenvalue weighted by atomic mass is 19.1. The fourth-order valence-electron chi connectivity index (χ4n) is 4.09. The Kier molecular flexibility index (Phi) is 4.29. The predicted molar refractivity (Wildman–Crippen MR) is 106 cm³/mol. The van der Waals surface area contributed by atoms with Crippen LogP contribution in [0.25, 0.3) is 10.9 Å². The van der Waals surface area contributed by atoms with Crippen molar-refractivity contribution in [1.82, 2.24) is 4.57 Å².